The molecule has 5 heteroatoms. The van der Waals surface area contributed by atoms with Crippen LogP contribution in [-0.2, 0) is 4.74 Å². The van der Waals surface area contributed by atoms with Gasteiger partial charge in [0, 0.05) is 19.4 Å². The van der Waals surface area contributed by atoms with Crippen LogP contribution in [0.25, 0.3) is 0 Å². The zero-order valence-corrected chi connectivity index (χ0v) is 17.1. The number of rotatable bonds is 0. The van der Waals surface area contributed by atoms with Gasteiger partial charge in [-0.2, -0.15) is 28.2 Å². The number of aryl methyl sites for hydroxylation is 2. The molecule has 4 rings (SSSR count). The Hall–Kier alpha value is -0.780. The number of aromatic nitrogens is 2. The molecule has 2 aromatic heterocycles. The first kappa shape index (κ1) is 30.9. The second-order valence-electron chi connectivity index (χ2n) is 6.51. The quantitative estimate of drug-likeness (QED) is 0.483. The topological polar surface area (TPSA) is 37.9 Å². The van der Waals surface area contributed by atoms with Crippen LogP contribution in [0.1, 0.15) is 60.1 Å². The zero-order valence-electron chi connectivity index (χ0n) is 15.5. The highest BCUT2D eigenvalue weighted by atomic mass is 32.2. The van der Waals surface area contributed by atoms with Crippen LogP contribution in [0.15, 0.2) is 29.2 Å². The Morgan fingerprint density at radius 1 is 1.07 bits per heavy atom. The summed E-state index contributed by atoms with van der Waals surface area (Å²) in [6.07, 6.45) is 6.34. The lowest BCUT2D eigenvalue weighted by Gasteiger charge is -1.90. The maximum atomic E-state index is 5.06. The molecule has 2 aliphatic heterocycles. The van der Waals surface area contributed by atoms with Crippen molar-refractivity contribution >= 4 is 23.1 Å². The van der Waals surface area contributed by atoms with E-state index in [1.54, 1.807) is 17.5 Å². The van der Waals surface area contributed by atoms with Crippen molar-refractivity contribution in [1.82, 2.24) is 10.2 Å². The van der Waals surface area contributed by atoms with Gasteiger partial charge in [0.1, 0.15) is 0 Å². The molecule has 2 saturated heterocycles. The molecular weight excluding hydrogens is 372 g/mol. The molecule has 4 heterocycles. The molecule has 2 fully saturated rings. The maximum Gasteiger partial charge on any atom is 0.0516 e. The van der Waals surface area contributed by atoms with E-state index < -0.39 is 0 Å². The molecule has 0 radical (unpaired) electrons. The normalized spacial score (nSPS) is 19.3. The summed E-state index contributed by atoms with van der Waals surface area (Å²) in [6, 6.07) is 2.10. The molecule has 0 bridgehead atoms. The van der Waals surface area contributed by atoms with Gasteiger partial charge in [-0.05, 0) is 78.0 Å². The lowest BCUT2D eigenvalue weighted by Crippen LogP contribution is -1.88. The van der Waals surface area contributed by atoms with Crippen molar-refractivity contribution in [3.05, 3.63) is 40.3 Å². The highest BCUT2D eigenvalue weighted by molar-refractivity contribution is 7.99. The molecule has 0 aliphatic carbocycles. The average molecular weight is 417 g/mol. The fourth-order valence-electron chi connectivity index (χ4n) is 1.95. The highest BCUT2D eigenvalue weighted by Gasteiger charge is 2.08. The molecule has 0 spiro atoms. The van der Waals surface area contributed by atoms with Crippen molar-refractivity contribution in [2.75, 3.05) is 24.7 Å². The SMILES string of the molecule is C.C.C.CC1CCOC1.CC1CCSC1.Cc1ccsc1.Cc1cn[nH]c1. The van der Waals surface area contributed by atoms with Gasteiger partial charge in [0.05, 0.1) is 6.20 Å². The Kier molecular flexibility index (Phi) is 22.9. The largest absolute Gasteiger partial charge is 0.381 e. The number of hydrogen-bond acceptors (Lipinski definition) is 4. The third-order valence-electron chi connectivity index (χ3n) is 3.61. The number of nitrogens with one attached hydrogen (secondary N) is 1. The highest BCUT2D eigenvalue weighted by Crippen LogP contribution is 2.21. The molecular formula is C22H44N2OS2. The minimum Gasteiger partial charge on any atom is -0.381 e. The molecule has 2 aromatic rings. The zero-order chi connectivity index (χ0) is 17.6. The van der Waals surface area contributed by atoms with Crippen molar-refractivity contribution in [3.63, 3.8) is 0 Å². The van der Waals surface area contributed by atoms with Crippen LogP contribution in [0.4, 0.5) is 0 Å². The molecule has 2 atom stereocenters. The average Bonchev–Trinajstić information content (AvgIpc) is 3.31. The molecule has 0 saturated carbocycles. The van der Waals surface area contributed by atoms with Crippen LogP contribution in [0.2, 0.25) is 0 Å². The summed E-state index contributed by atoms with van der Waals surface area (Å²) in [5.41, 5.74) is 2.54. The van der Waals surface area contributed by atoms with Crippen molar-refractivity contribution < 1.29 is 4.74 Å². The number of thiophene rings is 1. The predicted molar refractivity (Wildman–Crippen MR) is 128 cm³/mol. The van der Waals surface area contributed by atoms with Crippen LogP contribution in [0, 0.1) is 25.7 Å². The van der Waals surface area contributed by atoms with E-state index in [1.807, 2.05) is 13.1 Å². The molecule has 2 aliphatic rings. The smallest absolute Gasteiger partial charge is 0.0516 e. The third-order valence-corrected chi connectivity index (χ3v) is 5.74. The van der Waals surface area contributed by atoms with Crippen LogP contribution >= 0.6 is 23.1 Å². The number of thioether (sulfide) groups is 1. The van der Waals surface area contributed by atoms with E-state index in [9.17, 15) is 0 Å². The van der Waals surface area contributed by atoms with Crippen LogP contribution < -0.4 is 0 Å². The van der Waals surface area contributed by atoms with Crippen molar-refractivity contribution in [2.24, 2.45) is 11.8 Å². The standard InChI is InChI=1S/C5H10O.C5H10S.C5H6S.C4H6N2.3CH4/c3*1-5-2-3-6-4-5;1-4-2-5-6-3-4;;;/h2*5H,2-4H2,1H3;2-4H,1H3;2-3H,1H3,(H,5,6);3*1H4. The van der Waals surface area contributed by atoms with Crippen LogP contribution in [0.3, 0.4) is 0 Å². The summed E-state index contributed by atoms with van der Waals surface area (Å²) in [7, 11) is 0. The van der Waals surface area contributed by atoms with E-state index in [0.717, 1.165) is 25.0 Å². The number of nitrogens with zero attached hydrogens (tertiary/aromatic N) is 1. The minimum atomic E-state index is 0. The number of aromatic amines is 1. The Balaban J connectivity index is -0.000000274. The van der Waals surface area contributed by atoms with Gasteiger partial charge in [0.2, 0.25) is 0 Å². The minimum absolute atomic E-state index is 0. The van der Waals surface area contributed by atoms with Gasteiger partial charge in [-0.3, -0.25) is 5.10 Å². The fourth-order valence-corrected chi connectivity index (χ4v) is 3.92. The number of H-pyrrole nitrogens is 1. The van der Waals surface area contributed by atoms with Gasteiger partial charge in [0.15, 0.2) is 0 Å². The summed E-state index contributed by atoms with van der Waals surface area (Å²) in [5, 5.41) is 10.6. The monoisotopic (exact) mass is 416 g/mol. The van der Waals surface area contributed by atoms with Crippen LogP contribution in [0.5, 0.6) is 0 Å². The van der Waals surface area contributed by atoms with Gasteiger partial charge in [-0.15, -0.1) is 0 Å². The Labute approximate surface area is 177 Å². The Morgan fingerprint density at radius 3 is 1.96 bits per heavy atom. The van der Waals surface area contributed by atoms with E-state index in [-0.39, 0.29) is 22.3 Å². The van der Waals surface area contributed by atoms with E-state index >= 15 is 0 Å². The first-order valence-corrected chi connectivity index (χ1v) is 10.8. The Morgan fingerprint density at radius 2 is 1.81 bits per heavy atom. The molecule has 2 unspecified atom stereocenters. The summed E-state index contributed by atoms with van der Waals surface area (Å²) in [5.74, 6) is 4.64. The molecule has 1 N–H and O–H groups in total. The van der Waals surface area contributed by atoms with Crippen molar-refractivity contribution in [1.29, 1.82) is 0 Å². The van der Waals surface area contributed by atoms with E-state index in [1.165, 1.54) is 35.5 Å². The molecule has 27 heavy (non-hydrogen) atoms. The van der Waals surface area contributed by atoms with Gasteiger partial charge < -0.3 is 4.74 Å². The maximum absolute atomic E-state index is 5.06. The summed E-state index contributed by atoms with van der Waals surface area (Å²) >= 11 is 3.82. The third kappa shape index (κ3) is 18.4. The van der Waals surface area contributed by atoms with E-state index in [2.05, 4.69) is 59.6 Å². The number of hydrogen-bond donors (Lipinski definition) is 1. The molecule has 0 amide bonds. The molecule has 3 nitrogen and oxygen atoms in total. The van der Waals surface area contributed by atoms with Gasteiger partial charge in [-0.1, -0.05) is 36.1 Å². The summed E-state index contributed by atoms with van der Waals surface area (Å²) in [4.78, 5) is 0. The van der Waals surface area contributed by atoms with E-state index in [0.29, 0.717) is 0 Å². The van der Waals surface area contributed by atoms with Crippen molar-refractivity contribution in [2.45, 2.75) is 62.8 Å². The summed E-state index contributed by atoms with van der Waals surface area (Å²) < 4.78 is 5.06. The van der Waals surface area contributed by atoms with Gasteiger partial charge >= 0.3 is 0 Å². The molecule has 0 aromatic carbocycles. The number of ether oxygens (including phenoxy) is 1. The summed E-state index contributed by atoms with van der Waals surface area (Å²) in [6.45, 7) is 10.6. The first-order chi connectivity index (χ1) is 11.6. The van der Waals surface area contributed by atoms with Gasteiger partial charge in [-0.25, -0.2) is 0 Å². The van der Waals surface area contributed by atoms with E-state index in [4.69, 9.17) is 4.74 Å². The fraction of sp³-hybridized carbons (Fsp3) is 0.682. The second kappa shape index (κ2) is 20.0. The van der Waals surface area contributed by atoms with Crippen LogP contribution in [-0.4, -0.2) is 34.9 Å². The lowest BCUT2D eigenvalue weighted by atomic mass is 10.2. The Bertz CT molecular complexity index is 428. The van der Waals surface area contributed by atoms with Gasteiger partial charge in [0.25, 0.3) is 0 Å². The lowest BCUT2D eigenvalue weighted by molar-refractivity contribution is 0.188. The van der Waals surface area contributed by atoms with Crippen molar-refractivity contribution in [3.8, 4) is 0 Å². The first-order valence-electron chi connectivity index (χ1n) is 8.67. The molecule has 160 valence electrons. The predicted octanol–water partition coefficient (Wildman–Crippen LogP) is 7.49. The second-order valence-corrected chi connectivity index (χ2v) is 8.44.